The molecule has 0 aromatic rings. The molecule has 1 fully saturated rings. The maximum Gasteiger partial charge on any atom is 0.333 e. The van der Waals surface area contributed by atoms with E-state index in [1.54, 1.807) is 6.08 Å². The second kappa shape index (κ2) is 6.56. The summed E-state index contributed by atoms with van der Waals surface area (Å²) >= 11 is 0. The molecule has 0 unspecified atom stereocenters. The van der Waals surface area contributed by atoms with Crippen molar-refractivity contribution in [3.8, 4) is 0 Å². The summed E-state index contributed by atoms with van der Waals surface area (Å²) in [6.07, 6.45) is -0.152. The first-order chi connectivity index (χ1) is 9.73. The molecule has 21 heavy (non-hydrogen) atoms. The zero-order valence-corrected chi connectivity index (χ0v) is 12.6. The van der Waals surface area contributed by atoms with Crippen molar-refractivity contribution in [3.63, 3.8) is 0 Å². The number of allylic oxidation sites excluding steroid dienone is 1. The largest absolute Gasteiger partial charge is 0.466 e. The first-order valence-corrected chi connectivity index (χ1v) is 6.78. The lowest BCUT2D eigenvalue weighted by Gasteiger charge is -2.49. The first-order valence-electron chi connectivity index (χ1n) is 6.78. The molecule has 1 saturated carbocycles. The van der Waals surface area contributed by atoms with Crippen LogP contribution >= 0.6 is 0 Å². The Hall–Kier alpha value is -1.43. The van der Waals surface area contributed by atoms with Gasteiger partial charge in [0, 0.05) is 17.4 Å². The number of hydrogen-bond donors (Lipinski definition) is 3. The third kappa shape index (κ3) is 3.10. The predicted octanol–water partition coefficient (Wildman–Crippen LogP) is 0.814. The molecule has 0 aromatic carbocycles. The van der Waals surface area contributed by atoms with Crippen LogP contribution in [0, 0.1) is 17.3 Å². The number of hydrogen-bond acceptors (Lipinski definition) is 5. The first kappa shape index (κ1) is 17.6. The van der Waals surface area contributed by atoms with Crippen LogP contribution in [-0.2, 0) is 9.53 Å². The number of methoxy groups -OCH3 is 1. The molecule has 5 atom stereocenters. The molecule has 0 bridgehead atoms. The van der Waals surface area contributed by atoms with Gasteiger partial charge in [0.25, 0.3) is 0 Å². The molecule has 1 aliphatic carbocycles. The Morgan fingerprint density at radius 3 is 2.43 bits per heavy atom. The predicted molar refractivity (Wildman–Crippen MR) is 79.3 cm³/mol. The van der Waals surface area contributed by atoms with Gasteiger partial charge in [0.15, 0.2) is 0 Å². The van der Waals surface area contributed by atoms with Gasteiger partial charge in [0.1, 0.15) is 0 Å². The Bertz CT molecular complexity index is 456. The molecule has 1 aliphatic rings. The third-order valence-electron chi connectivity index (χ3n) is 4.44. The molecule has 0 aliphatic heterocycles. The lowest BCUT2D eigenvalue weighted by molar-refractivity contribution is -0.140. The Morgan fingerprint density at radius 1 is 1.43 bits per heavy atom. The van der Waals surface area contributed by atoms with E-state index in [1.165, 1.54) is 7.11 Å². The molecule has 0 aromatic heterocycles. The lowest BCUT2D eigenvalue weighted by Crippen LogP contribution is -2.53. The molecule has 5 nitrogen and oxygen atoms in total. The highest BCUT2D eigenvalue weighted by molar-refractivity contribution is 5.88. The molecular weight excluding hydrogens is 272 g/mol. The standard InChI is InChI=1S/C16H24O5/c1-6-16(4)7-11(18)12(10(3)15(20)21-5)14(19)13(16)9(2)8-17/h6,11-14,17-19H,1-3,7-8H2,4-5H3/t11-,12-,13-,14-,16-/m0/s1. The summed E-state index contributed by atoms with van der Waals surface area (Å²) in [7, 11) is 1.22. The molecule has 0 amide bonds. The topological polar surface area (TPSA) is 87.0 Å². The van der Waals surface area contributed by atoms with E-state index in [2.05, 4.69) is 24.5 Å². The number of rotatable bonds is 5. The minimum atomic E-state index is -1.11. The van der Waals surface area contributed by atoms with Crippen LogP contribution in [0.15, 0.2) is 37.0 Å². The van der Waals surface area contributed by atoms with E-state index in [9.17, 15) is 20.1 Å². The third-order valence-corrected chi connectivity index (χ3v) is 4.44. The average molecular weight is 296 g/mol. The van der Waals surface area contributed by atoms with Gasteiger partial charge < -0.3 is 20.1 Å². The van der Waals surface area contributed by atoms with Crippen molar-refractivity contribution in [3.05, 3.63) is 37.0 Å². The highest BCUT2D eigenvalue weighted by atomic mass is 16.5. The molecule has 0 saturated heterocycles. The maximum atomic E-state index is 11.6. The molecule has 3 N–H and O–H groups in total. The van der Waals surface area contributed by atoms with Crippen LogP contribution < -0.4 is 0 Å². The molecule has 0 spiro atoms. The fraction of sp³-hybridized carbons (Fsp3) is 0.562. The van der Waals surface area contributed by atoms with Crippen LogP contribution in [0.5, 0.6) is 0 Å². The summed E-state index contributed by atoms with van der Waals surface area (Å²) in [5.74, 6) is -2.07. The fourth-order valence-corrected chi connectivity index (χ4v) is 3.25. The molecule has 5 heteroatoms. The van der Waals surface area contributed by atoms with Gasteiger partial charge in [0.2, 0.25) is 0 Å². The highest BCUT2D eigenvalue weighted by Crippen LogP contribution is 2.49. The Balaban J connectivity index is 3.22. The fourth-order valence-electron chi connectivity index (χ4n) is 3.25. The number of ether oxygens (including phenoxy) is 1. The molecule has 0 heterocycles. The second-order valence-corrected chi connectivity index (χ2v) is 5.81. The number of carbonyl (C=O) groups is 1. The van der Waals surface area contributed by atoms with Gasteiger partial charge >= 0.3 is 5.97 Å². The zero-order chi connectivity index (χ0) is 16.4. The number of aliphatic hydroxyl groups is 3. The van der Waals surface area contributed by atoms with Gasteiger partial charge in [-0.2, -0.15) is 0 Å². The quantitative estimate of drug-likeness (QED) is 0.397. The summed E-state index contributed by atoms with van der Waals surface area (Å²) in [6, 6.07) is 0. The minimum absolute atomic E-state index is 0.0133. The van der Waals surface area contributed by atoms with Gasteiger partial charge in [-0.1, -0.05) is 26.2 Å². The molecule has 118 valence electrons. The van der Waals surface area contributed by atoms with Crippen molar-refractivity contribution in [2.75, 3.05) is 13.7 Å². The van der Waals surface area contributed by atoms with Crippen LogP contribution in [0.4, 0.5) is 0 Å². The van der Waals surface area contributed by atoms with E-state index >= 15 is 0 Å². The molecule has 1 rings (SSSR count). The van der Waals surface area contributed by atoms with Crippen molar-refractivity contribution >= 4 is 5.97 Å². The maximum absolute atomic E-state index is 11.6. The van der Waals surface area contributed by atoms with Gasteiger partial charge in [0.05, 0.1) is 25.9 Å². The summed E-state index contributed by atoms with van der Waals surface area (Å²) in [5.41, 5.74) is -0.190. The number of carbonyl (C=O) groups excluding carboxylic acids is 1. The summed E-state index contributed by atoms with van der Waals surface area (Å²) in [4.78, 5) is 11.6. The van der Waals surface area contributed by atoms with Gasteiger partial charge in [-0.15, -0.1) is 6.58 Å². The van der Waals surface area contributed by atoms with Crippen molar-refractivity contribution in [1.29, 1.82) is 0 Å². The van der Waals surface area contributed by atoms with Gasteiger partial charge in [-0.05, 0) is 17.4 Å². The average Bonchev–Trinajstić information content (AvgIpc) is 2.45. The Labute approximate surface area is 125 Å². The van der Waals surface area contributed by atoms with Gasteiger partial charge in [-0.25, -0.2) is 4.79 Å². The van der Waals surface area contributed by atoms with Crippen molar-refractivity contribution in [1.82, 2.24) is 0 Å². The minimum Gasteiger partial charge on any atom is -0.466 e. The van der Waals surface area contributed by atoms with E-state index in [-0.39, 0.29) is 18.6 Å². The molecular formula is C16H24O5. The summed E-state index contributed by atoms with van der Waals surface area (Å²) in [5, 5.41) is 30.3. The SMILES string of the molecule is C=C[C@@]1(C)C[C@H](O)[C@H](C(=C)C(=O)OC)[C@H](O)[C@@H]1C(=C)CO. The van der Waals surface area contributed by atoms with Gasteiger partial charge in [-0.3, -0.25) is 0 Å². The molecule has 0 radical (unpaired) electrons. The smallest absolute Gasteiger partial charge is 0.333 e. The van der Waals surface area contributed by atoms with Crippen molar-refractivity contribution < 1.29 is 24.9 Å². The summed E-state index contributed by atoms with van der Waals surface area (Å²) < 4.78 is 4.61. The van der Waals surface area contributed by atoms with Crippen LogP contribution in [0.1, 0.15) is 13.3 Å². The van der Waals surface area contributed by atoms with Crippen LogP contribution in [-0.4, -0.2) is 47.2 Å². The zero-order valence-electron chi connectivity index (χ0n) is 12.6. The van der Waals surface area contributed by atoms with E-state index in [4.69, 9.17) is 0 Å². The number of esters is 1. The monoisotopic (exact) mass is 296 g/mol. The highest BCUT2D eigenvalue weighted by Gasteiger charge is 2.51. The van der Waals surface area contributed by atoms with E-state index in [1.807, 2.05) is 6.92 Å². The normalized spacial score (nSPS) is 35.9. The number of aliphatic hydroxyl groups excluding tert-OH is 3. The Morgan fingerprint density at radius 2 is 2.00 bits per heavy atom. The van der Waals surface area contributed by atoms with Crippen LogP contribution in [0.25, 0.3) is 0 Å². The van der Waals surface area contributed by atoms with E-state index < -0.39 is 35.4 Å². The summed E-state index contributed by atoms with van der Waals surface area (Å²) in [6.45, 7) is 12.7. The van der Waals surface area contributed by atoms with Crippen molar-refractivity contribution in [2.24, 2.45) is 17.3 Å². The van der Waals surface area contributed by atoms with Crippen LogP contribution in [0.2, 0.25) is 0 Å². The van der Waals surface area contributed by atoms with E-state index in [0.717, 1.165) is 0 Å². The van der Waals surface area contributed by atoms with Crippen molar-refractivity contribution in [2.45, 2.75) is 25.6 Å². The van der Waals surface area contributed by atoms with E-state index in [0.29, 0.717) is 5.57 Å². The van der Waals surface area contributed by atoms with Crippen LogP contribution in [0.3, 0.4) is 0 Å². The Kier molecular flexibility index (Phi) is 5.50. The second-order valence-electron chi connectivity index (χ2n) is 5.81. The lowest BCUT2D eigenvalue weighted by atomic mass is 9.58.